The molecule has 0 aliphatic rings. The third-order valence-electron chi connectivity index (χ3n) is 5.48. The predicted octanol–water partition coefficient (Wildman–Crippen LogP) is 1.83. The van der Waals surface area contributed by atoms with Gasteiger partial charge < -0.3 is 31.2 Å². The van der Waals surface area contributed by atoms with Crippen molar-refractivity contribution in [3.8, 4) is 0 Å². The predicted molar refractivity (Wildman–Crippen MR) is 138 cm³/mol. The summed E-state index contributed by atoms with van der Waals surface area (Å²) in [5.41, 5.74) is 14.1. The number of carbonyl (C=O) groups is 3. The molecule has 3 aromatic rings. The quantitative estimate of drug-likeness (QED) is 0.321. The lowest BCUT2D eigenvalue weighted by Gasteiger charge is -2.20. The van der Waals surface area contributed by atoms with E-state index < -0.39 is 23.9 Å². The van der Waals surface area contributed by atoms with Crippen molar-refractivity contribution in [2.24, 2.45) is 0 Å². The molecule has 2 aromatic heterocycles. The fourth-order valence-electron chi connectivity index (χ4n) is 3.61. The Labute approximate surface area is 214 Å². The maximum atomic E-state index is 12.8. The van der Waals surface area contributed by atoms with Gasteiger partial charge in [-0.25, -0.2) is 9.78 Å². The number of pyridine rings is 1. The Kier molecular flexibility index (Phi) is 9.14. The first-order valence-electron chi connectivity index (χ1n) is 11.8. The highest BCUT2D eigenvalue weighted by atomic mass is 16.5. The summed E-state index contributed by atoms with van der Waals surface area (Å²) in [5.74, 6) is -1.17. The number of fused-ring (bicyclic) bond motifs is 1. The smallest absolute Gasteiger partial charge is 0.328 e. The van der Waals surface area contributed by atoms with Gasteiger partial charge in [-0.3, -0.25) is 9.59 Å². The summed E-state index contributed by atoms with van der Waals surface area (Å²) in [4.78, 5) is 51.1. The molecule has 1 aromatic carbocycles. The van der Waals surface area contributed by atoms with Gasteiger partial charge >= 0.3 is 11.9 Å². The SMILES string of the molecule is CCOC(=O)CCC(NC(=O)c1ccc(CN(C)c2cnc3nc(N)nc(N)c3c2)cc1)C(=O)OCC. The van der Waals surface area contributed by atoms with Crippen LogP contribution < -0.4 is 21.7 Å². The zero-order chi connectivity index (χ0) is 26.9. The zero-order valence-corrected chi connectivity index (χ0v) is 21.1. The third-order valence-corrected chi connectivity index (χ3v) is 5.48. The molecule has 37 heavy (non-hydrogen) atoms. The number of anilines is 3. The Morgan fingerprint density at radius 3 is 2.43 bits per heavy atom. The van der Waals surface area contributed by atoms with Crippen LogP contribution in [0.1, 0.15) is 42.6 Å². The molecule has 0 saturated heterocycles. The Hall–Kier alpha value is -4.48. The summed E-state index contributed by atoms with van der Waals surface area (Å²) in [6, 6.07) is 7.84. The van der Waals surface area contributed by atoms with Crippen molar-refractivity contribution >= 4 is 46.3 Å². The number of hydrogen-bond acceptors (Lipinski definition) is 11. The number of carbonyl (C=O) groups excluding carboxylic acids is 3. The van der Waals surface area contributed by atoms with Gasteiger partial charge in [-0.1, -0.05) is 12.1 Å². The van der Waals surface area contributed by atoms with Crippen LogP contribution >= 0.6 is 0 Å². The Bertz CT molecular complexity index is 1270. The standard InChI is InChI=1S/C25H31N7O5/c1-4-36-20(33)11-10-19(24(35)37-5-2)29-23(34)16-8-6-15(7-9-16)14-32(3)17-12-18-21(26)30-25(27)31-22(18)28-13-17/h6-9,12-13,19H,4-5,10-11,14H2,1-3H3,(H,29,34)(H4,26,27,28,30,31). The van der Waals surface area contributed by atoms with E-state index in [0.29, 0.717) is 23.1 Å². The summed E-state index contributed by atoms with van der Waals surface area (Å²) >= 11 is 0. The van der Waals surface area contributed by atoms with Gasteiger partial charge in [0.1, 0.15) is 11.9 Å². The van der Waals surface area contributed by atoms with Gasteiger partial charge in [0.2, 0.25) is 5.95 Å². The number of hydrogen-bond donors (Lipinski definition) is 3. The van der Waals surface area contributed by atoms with E-state index in [1.807, 2.05) is 30.1 Å². The summed E-state index contributed by atoms with van der Waals surface area (Å²) in [5, 5.41) is 3.26. The largest absolute Gasteiger partial charge is 0.466 e. The van der Waals surface area contributed by atoms with Gasteiger partial charge in [0.15, 0.2) is 5.65 Å². The maximum absolute atomic E-state index is 12.8. The average Bonchev–Trinajstić information content (AvgIpc) is 2.86. The Balaban J connectivity index is 1.65. The molecule has 12 nitrogen and oxygen atoms in total. The minimum atomic E-state index is -0.963. The second-order valence-corrected chi connectivity index (χ2v) is 8.21. The number of nitrogens with one attached hydrogen (secondary N) is 1. The van der Waals surface area contributed by atoms with E-state index in [4.69, 9.17) is 20.9 Å². The summed E-state index contributed by atoms with van der Waals surface area (Å²) < 4.78 is 9.94. The molecule has 0 bridgehead atoms. The van der Waals surface area contributed by atoms with Crippen molar-refractivity contribution in [3.63, 3.8) is 0 Å². The van der Waals surface area contributed by atoms with Crippen LogP contribution in [0.25, 0.3) is 11.0 Å². The first kappa shape index (κ1) is 27.1. The molecule has 0 saturated carbocycles. The number of rotatable bonds is 11. The molecular formula is C25H31N7O5. The number of aromatic nitrogens is 3. The lowest BCUT2D eigenvalue weighted by molar-refractivity contribution is -0.146. The Morgan fingerprint density at radius 1 is 1.05 bits per heavy atom. The highest BCUT2D eigenvalue weighted by Crippen LogP contribution is 2.23. The maximum Gasteiger partial charge on any atom is 0.328 e. The second kappa shape index (κ2) is 12.5. The van der Waals surface area contributed by atoms with E-state index in [1.165, 1.54) is 0 Å². The van der Waals surface area contributed by atoms with Crippen LogP contribution in [0, 0.1) is 0 Å². The third kappa shape index (κ3) is 7.26. The molecule has 1 atom stereocenters. The molecule has 0 radical (unpaired) electrons. The van der Waals surface area contributed by atoms with Crippen LogP contribution in [-0.2, 0) is 25.6 Å². The van der Waals surface area contributed by atoms with E-state index in [2.05, 4.69) is 20.3 Å². The molecule has 3 rings (SSSR count). The lowest BCUT2D eigenvalue weighted by atomic mass is 10.1. The number of amides is 1. The van der Waals surface area contributed by atoms with Crippen LogP contribution in [0.3, 0.4) is 0 Å². The first-order valence-corrected chi connectivity index (χ1v) is 11.8. The van der Waals surface area contributed by atoms with Crippen LogP contribution in [-0.4, -0.2) is 59.1 Å². The molecule has 0 aliphatic heterocycles. The van der Waals surface area contributed by atoms with Gasteiger partial charge in [0, 0.05) is 25.6 Å². The number of benzene rings is 1. The molecule has 1 unspecified atom stereocenters. The Morgan fingerprint density at radius 2 is 1.76 bits per heavy atom. The van der Waals surface area contributed by atoms with Crippen molar-refractivity contribution in [1.29, 1.82) is 0 Å². The number of esters is 2. The van der Waals surface area contributed by atoms with Crippen LogP contribution in [0.2, 0.25) is 0 Å². The molecule has 0 aliphatic carbocycles. The van der Waals surface area contributed by atoms with Crippen LogP contribution in [0.15, 0.2) is 36.5 Å². The first-order chi connectivity index (χ1) is 17.7. The van der Waals surface area contributed by atoms with Crippen molar-refractivity contribution in [2.45, 2.75) is 39.3 Å². The van der Waals surface area contributed by atoms with Gasteiger partial charge in [0.05, 0.1) is 30.5 Å². The van der Waals surface area contributed by atoms with Crippen molar-refractivity contribution in [2.75, 3.05) is 36.6 Å². The minimum Gasteiger partial charge on any atom is -0.466 e. The highest BCUT2D eigenvalue weighted by Gasteiger charge is 2.24. The van der Waals surface area contributed by atoms with Crippen molar-refractivity contribution < 1.29 is 23.9 Å². The molecule has 0 fully saturated rings. The molecule has 0 spiro atoms. The molecule has 2 heterocycles. The number of ether oxygens (including phenoxy) is 2. The number of nitrogens with zero attached hydrogens (tertiary/aromatic N) is 4. The molecule has 12 heteroatoms. The van der Waals surface area contributed by atoms with E-state index in [0.717, 1.165) is 11.3 Å². The monoisotopic (exact) mass is 509 g/mol. The number of nitrogen functional groups attached to an aromatic ring is 2. The van der Waals surface area contributed by atoms with E-state index in [9.17, 15) is 14.4 Å². The second-order valence-electron chi connectivity index (χ2n) is 8.21. The van der Waals surface area contributed by atoms with Crippen LogP contribution in [0.4, 0.5) is 17.5 Å². The average molecular weight is 510 g/mol. The molecule has 1 amide bonds. The highest BCUT2D eigenvalue weighted by molar-refractivity contribution is 5.97. The van der Waals surface area contributed by atoms with Crippen LogP contribution in [0.5, 0.6) is 0 Å². The van der Waals surface area contributed by atoms with E-state index in [1.54, 1.807) is 32.2 Å². The van der Waals surface area contributed by atoms with E-state index >= 15 is 0 Å². The van der Waals surface area contributed by atoms with Crippen molar-refractivity contribution in [3.05, 3.63) is 47.7 Å². The lowest BCUT2D eigenvalue weighted by Crippen LogP contribution is -2.42. The normalized spacial score (nSPS) is 11.5. The molecule has 196 valence electrons. The minimum absolute atomic E-state index is 0.0162. The summed E-state index contributed by atoms with van der Waals surface area (Å²) in [6.07, 6.45) is 1.73. The fourth-order valence-corrected chi connectivity index (χ4v) is 3.61. The van der Waals surface area contributed by atoms with Gasteiger partial charge in [-0.2, -0.15) is 9.97 Å². The molecular weight excluding hydrogens is 478 g/mol. The van der Waals surface area contributed by atoms with Gasteiger partial charge in [-0.15, -0.1) is 0 Å². The van der Waals surface area contributed by atoms with Crippen molar-refractivity contribution in [1.82, 2.24) is 20.3 Å². The zero-order valence-electron chi connectivity index (χ0n) is 21.1. The number of nitrogens with two attached hydrogens (primary N) is 2. The molecule has 5 N–H and O–H groups in total. The fraction of sp³-hybridized carbons (Fsp3) is 0.360. The summed E-state index contributed by atoms with van der Waals surface area (Å²) in [7, 11) is 1.89. The topological polar surface area (TPSA) is 176 Å². The van der Waals surface area contributed by atoms with Gasteiger partial charge in [-0.05, 0) is 44.0 Å². The van der Waals surface area contributed by atoms with Gasteiger partial charge in [0.25, 0.3) is 5.91 Å². The van der Waals surface area contributed by atoms with E-state index in [-0.39, 0.29) is 37.8 Å². The summed E-state index contributed by atoms with van der Waals surface area (Å²) in [6.45, 7) is 4.30.